The lowest BCUT2D eigenvalue weighted by Crippen LogP contribution is -2.12. The minimum atomic E-state index is -4.51. The highest BCUT2D eigenvalue weighted by Gasteiger charge is 2.33. The van der Waals surface area contributed by atoms with E-state index in [1.165, 1.54) is 36.4 Å². The predicted molar refractivity (Wildman–Crippen MR) is 98.5 cm³/mol. The topological polar surface area (TPSA) is 48.0 Å². The second kappa shape index (κ2) is 6.37. The zero-order valence-electron chi connectivity index (χ0n) is 14.4. The van der Waals surface area contributed by atoms with Crippen LogP contribution in [0.15, 0.2) is 60.7 Å². The van der Waals surface area contributed by atoms with E-state index < -0.39 is 23.5 Å². The zero-order valence-corrected chi connectivity index (χ0v) is 14.4. The highest BCUT2D eigenvalue weighted by atomic mass is 19.4. The Kier molecular flexibility index (Phi) is 4.10. The molecule has 1 heterocycles. The summed E-state index contributed by atoms with van der Waals surface area (Å²) >= 11 is 0. The van der Waals surface area contributed by atoms with Crippen LogP contribution in [0.4, 0.5) is 17.6 Å². The smallest absolute Gasteiger partial charge is 0.366 e. The number of benzene rings is 3. The van der Waals surface area contributed by atoms with Crippen molar-refractivity contribution in [2.75, 3.05) is 0 Å². The van der Waals surface area contributed by atoms with E-state index in [1.807, 2.05) is 0 Å². The third kappa shape index (κ3) is 2.89. The number of hydrogen-bond donors (Lipinski definition) is 1. The quantitative estimate of drug-likeness (QED) is 0.490. The number of halogens is 4. The molecule has 4 aromatic rings. The van der Waals surface area contributed by atoms with Crippen LogP contribution >= 0.6 is 0 Å². The fourth-order valence-electron chi connectivity index (χ4n) is 3.60. The SMILES string of the molecule is NC(=O)c1cccc2c1c1ccc(F)cc1n2Cc1ccccc1C(F)(F)F. The number of amides is 1. The fraction of sp³-hybridized carbons (Fsp3) is 0.0952. The molecule has 0 bridgehead atoms. The highest BCUT2D eigenvalue weighted by molar-refractivity contribution is 6.17. The number of carbonyl (C=O) groups is 1. The second-order valence-corrected chi connectivity index (χ2v) is 6.47. The van der Waals surface area contributed by atoms with Crippen LogP contribution in [-0.4, -0.2) is 10.5 Å². The maximum atomic E-state index is 13.9. The first-order valence-corrected chi connectivity index (χ1v) is 8.43. The third-order valence-corrected chi connectivity index (χ3v) is 4.77. The normalized spacial score (nSPS) is 12.0. The minimum Gasteiger partial charge on any atom is -0.366 e. The second-order valence-electron chi connectivity index (χ2n) is 6.47. The Morgan fingerprint density at radius 1 is 0.964 bits per heavy atom. The van der Waals surface area contributed by atoms with Gasteiger partial charge in [-0.1, -0.05) is 24.3 Å². The van der Waals surface area contributed by atoms with Crippen molar-refractivity contribution >= 4 is 27.7 Å². The van der Waals surface area contributed by atoms with E-state index in [1.54, 1.807) is 22.8 Å². The van der Waals surface area contributed by atoms with E-state index in [2.05, 4.69) is 0 Å². The molecule has 4 rings (SSSR count). The summed E-state index contributed by atoms with van der Waals surface area (Å²) in [6.07, 6.45) is -4.51. The molecule has 0 aliphatic rings. The average molecular weight is 386 g/mol. The molecule has 0 spiro atoms. The van der Waals surface area contributed by atoms with E-state index in [0.29, 0.717) is 21.8 Å². The van der Waals surface area contributed by atoms with Gasteiger partial charge in [0.25, 0.3) is 0 Å². The van der Waals surface area contributed by atoms with E-state index >= 15 is 0 Å². The Morgan fingerprint density at radius 2 is 1.71 bits per heavy atom. The van der Waals surface area contributed by atoms with Crippen molar-refractivity contribution in [1.29, 1.82) is 0 Å². The summed E-state index contributed by atoms with van der Waals surface area (Å²) < 4.78 is 55.7. The summed E-state index contributed by atoms with van der Waals surface area (Å²) in [5.41, 5.74) is 5.89. The number of alkyl halides is 3. The van der Waals surface area contributed by atoms with Crippen LogP contribution in [0, 0.1) is 5.82 Å². The van der Waals surface area contributed by atoms with Crippen LogP contribution in [0.3, 0.4) is 0 Å². The van der Waals surface area contributed by atoms with E-state index in [0.717, 1.165) is 6.07 Å². The van der Waals surface area contributed by atoms with Gasteiger partial charge in [0, 0.05) is 22.9 Å². The van der Waals surface area contributed by atoms with Gasteiger partial charge in [0.15, 0.2) is 0 Å². The lowest BCUT2D eigenvalue weighted by molar-refractivity contribution is -0.138. The summed E-state index contributed by atoms with van der Waals surface area (Å²) in [4.78, 5) is 11.9. The summed E-state index contributed by atoms with van der Waals surface area (Å²) in [5.74, 6) is -1.19. The molecule has 0 radical (unpaired) electrons. The van der Waals surface area contributed by atoms with Crippen molar-refractivity contribution in [1.82, 2.24) is 4.57 Å². The van der Waals surface area contributed by atoms with Gasteiger partial charge in [-0.05, 0) is 42.0 Å². The molecule has 0 aliphatic heterocycles. The Labute approximate surface area is 157 Å². The molecule has 0 aliphatic carbocycles. The van der Waals surface area contributed by atoms with Crippen LogP contribution in [-0.2, 0) is 12.7 Å². The Bertz CT molecular complexity index is 1220. The largest absolute Gasteiger partial charge is 0.416 e. The monoisotopic (exact) mass is 386 g/mol. The number of fused-ring (bicyclic) bond motifs is 3. The number of rotatable bonds is 3. The van der Waals surface area contributed by atoms with Gasteiger partial charge in [-0.3, -0.25) is 4.79 Å². The van der Waals surface area contributed by atoms with Crippen molar-refractivity contribution in [3.05, 3.63) is 83.2 Å². The Hall–Kier alpha value is -3.35. The molecule has 3 aromatic carbocycles. The van der Waals surface area contributed by atoms with Crippen molar-refractivity contribution in [2.45, 2.75) is 12.7 Å². The van der Waals surface area contributed by atoms with Gasteiger partial charge < -0.3 is 10.3 Å². The molecule has 28 heavy (non-hydrogen) atoms. The molecular formula is C21H14F4N2O. The maximum absolute atomic E-state index is 13.9. The van der Waals surface area contributed by atoms with Crippen molar-refractivity contribution in [3.63, 3.8) is 0 Å². The van der Waals surface area contributed by atoms with Gasteiger partial charge >= 0.3 is 6.18 Å². The first-order valence-electron chi connectivity index (χ1n) is 8.43. The standard InChI is InChI=1S/C21H14F4N2O/c22-13-8-9-14-18(10-13)27(17-7-3-5-15(19(14)17)20(26)28)11-12-4-1-2-6-16(12)21(23,24)25/h1-10H,11H2,(H2,26,28). The molecule has 3 nitrogen and oxygen atoms in total. The van der Waals surface area contributed by atoms with Gasteiger partial charge in [-0.25, -0.2) is 4.39 Å². The molecule has 142 valence electrons. The van der Waals surface area contributed by atoms with Crippen LogP contribution < -0.4 is 5.73 Å². The number of carbonyl (C=O) groups excluding carboxylic acids is 1. The summed E-state index contributed by atoms with van der Waals surface area (Å²) in [5, 5.41) is 1.05. The van der Waals surface area contributed by atoms with Crippen LogP contribution in [0.5, 0.6) is 0 Å². The van der Waals surface area contributed by atoms with Crippen LogP contribution in [0.2, 0.25) is 0 Å². The molecule has 1 amide bonds. The molecular weight excluding hydrogens is 372 g/mol. The highest BCUT2D eigenvalue weighted by Crippen LogP contribution is 2.36. The molecule has 1 aromatic heterocycles. The first-order chi connectivity index (χ1) is 13.3. The Balaban J connectivity index is 2.04. The fourth-order valence-corrected chi connectivity index (χ4v) is 3.60. The van der Waals surface area contributed by atoms with Gasteiger partial charge in [-0.2, -0.15) is 13.2 Å². The first kappa shape index (κ1) is 18.0. The summed E-state index contributed by atoms with van der Waals surface area (Å²) in [6, 6.07) is 14.1. The molecule has 0 saturated carbocycles. The van der Waals surface area contributed by atoms with Gasteiger partial charge in [0.05, 0.1) is 16.6 Å². The van der Waals surface area contributed by atoms with Crippen molar-refractivity contribution < 1.29 is 22.4 Å². The zero-order chi connectivity index (χ0) is 20.1. The Morgan fingerprint density at radius 3 is 2.43 bits per heavy atom. The van der Waals surface area contributed by atoms with E-state index in [4.69, 9.17) is 5.73 Å². The number of aromatic nitrogens is 1. The number of nitrogens with zero attached hydrogens (tertiary/aromatic N) is 1. The van der Waals surface area contributed by atoms with E-state index in [9.17, 15) is 22.4 Å². The molecule has 0 unspecified atom stereocenters. The summed E-state index contributed by atoms with van der Waals surface area (Å²) in [7, 11) is 0. The van der Waals surface area contributed by atoms with Crippen molar-refractivity contribution in [2.24, 2.45) is 5.73 Å². The lowest BCUT2D eigenvalue weighted by Gasteiger charge is -2.14. The summed E-state index contributed by atoms with van der Waals surface area (Å²) in [6.45, 7) is -0.138. The van der Waals surface area contributed by atoms with Gasteiger partial charge in [-0.15, -0.1) is 0 Å². The molecule has 2 N–H and O–H groups in total. The molecule has 7 heteroatoms. The van der Waals surface area contributed by atoms with E-state index in [-0.39, 0.29) is 17.7 Å². The lowest BCUT2D eigenvalue weighted by atomic mass is 10.1. The molecule has 0 saturated heterocycles. The molecule has 0 atom stereocenters. The molecule has 0 fully saturated rings. The predicted octanol–water partition coefficient (Wildman–Crippen LogP) is 5.10. The maximum Gasteiger partial charge on any atom is 0.416 e. The third-order valence-electron chi connectivity index (χ3n) is 4.77. The number of nitrogens with two attached hydrogens (primary N) is 1. The number of primary amides is 1. The number of hydrogen-bond acceptors (Lipinski definition) is 1. The van der Waals surface area contributed by atoms with Gasteiger partial charge in [0.2, 0.25) is 5.91 Å². The average Bonchev–Trinajstić information content (AvgIpc) is 2.94. The minimum absolute atomic E-state index is 0.0440. The van der Waals surface area contributed by atoms with Gasteiger partial charge in [0.1, 0.15) is 5.82 Å². The van der Waals surface area contributed by atoms with Crippen molar-refractivity contribution in [3.8, 4) is 0 Å². The van der Waals surface area contributed by atoms with Crippen LogP contribution in [0.25, 0.3) is 21.8 Å². The van der Waals surface area contributed by atoms with Crippen LogP contribution in [0.1, 0.15) is 21.5 Å².